The maximum Gasteiger partial charge on any atom is 0.416 e. The monoisotopic (exact) mass is 305 g/mol. The van der Waals surface area contributed by atoms with Crippen LogP contribution >= 0.6 is 11.6 Å². The van der Waals surface area contributed by atoms with Gasteiger partial charge in [-0.2, -0.15) is 18.4 Å². The summed E-state index contributed by atoms with van der Waals surface area (Å²) in [5.41, 5.74) is -1.32. The zero-order chi connectivity index (χ0) is 15.3. The molecule has 0 saturated carbocycles. The van der Waals surface area contributed by atoms with Gasteiger partial charge in [-0.15, -0.1) is 11.6 Å². The molecule has 20 heavy (non-hydrogen) atoms. The van der Waals surface area contributed by atoms with Gasteiger partial charge in [0.25, 0.3) is 0 Å². The highest BCUT2D eigenvalue weighted by molar-refractivity contribution is 6.17. The molecule has 108 valence electrons. The molecule has 0 heterocycles. The van der Waals surface area contributed by atoms with E-state index in [4.69, 9.17) is 21.6 Å². The summed E-state index contributed by atoms with van der Waals surface area (Å²) in [5, 5.41) is 9.04. The lowest BCUT2D eigenvalue weighted by molar-refractivity contribution is -0.142. The quantitative estimate of drug-likeness (QED) is 0.632. The van der Waals surface area contributed by atoms with Gasteiger partial charge in [-0.25, -0.2) is 0 Å². The number of benzene rings is 1. The Bertz CT molecular complexity index is 550. The van der Waals surface area contributed by atoms with Crippen molar-refractivity contribution in [3.8, 4) is 6.07 Å². The van der Waals surface area contributed by atoms with E-state index in [0.717, 1.165) is 12.1 Å². The lowest BCUT2D eigenvalue weighted by atomic mass is 9.95. The van der Waals surface area contributed by atoms with Crippen LogP contribution in [0.4, 0.5) is 13.2 Å². The van der Waals surface area contributed by atoms with Crippen LogP contribution in [0.3, 0.4) is 0 Å². The standard InChI is InChI=1S/C13H11ClF3NO2/c1-2-20-12(19)5-8-3-4-11(13(15,16)17)9(6-14)10(8)7-18/h3-4H,2,5-6H2,1H3. The minimum Gasteiger partial charge on any atom is -0.466 e. The first-order chi connectivity index (χ1) is 9.35. The number of hydrogen-bond acceptors (Lipinski definition) is 3. The van der Waals surface area contributed by atoms with Crippen LogP contribution in [-0.4, -0.2) is 12.6 Å². The fraction of sp³-hybridized carbons (Fsp3) is 0.385. The third kappa shape index (κ3) is 3.64. The number of hydrogen-bond donors (Lipinski definition) is 0. The zero-order valence-corrected chi connectivity index (χ0v) is 11.3. The van der Waals surface area contributed by atoms with Gasteiger partial charge in [0.2, 0.25) is 0 Å². The fourth-order valence-electron chi connectivity index (χ4n) is 1.75. The minimum atomic E-state index is -4.60. The summed E-state index contributed by atoms with van der Waals surface area (Å²) in [6, 6.07) is 3.61. The Kier molecular flexibility index (Phi) is 5.40. The normalized spacial score (nSPS) is 11.0. The van der Waals surface area contributed by atoms with Gasteiger partial charge in [0.05, 0.1) is 30.2 Å². The molecule has 0 aliphatic rings. The van der Waals surface area contributed by atoms with Crippen molar-refractivity contribution in [3.63, 3.8) is 0 Å². The van der Waals surface area contributed by atoms with E-state index in [9.17, 15) is 18.0 Å². The number of nitrogens with zero attached hydrogens (tertiary/aromatic N) is 1. The van der Waals surface area contributed by atoms with Crippen molar-refractivity contribution >= 4 is 17.6 Å². The first-order valence-electron chi connectivity index (χ1n) is 5.68. The molecule has 1 rings (SSSR count). The summed E-state index contributed by atoms with van der Waals surface area (Å²) in [5.74, 6) is -1.07. The van der Waals surface area contributed by atoms with Gasteiger partial charge in [0.1, 0.15) is 0 Å². The van der Waals surface area contributed by atoms with E-state index in [1.54, 1.807) is 13.0 Å². The second kappa shape index (κ2) is 6.62. The molecular formula is C13H11ClF3NO2. The predicted octanol–water partition coefficient (Wildman–Crippen LogP) is 3.42. The summed E-state index contributed by atoms with van der Waals surface area (Å²) < 4.78 is 43.1. The van der Waals surface area contributed by atoms with Crippen molar-refractivity contribution in [2.75, 3.05) is 6.61 Å². The Morgan fingerprint density at radius 3 is 2.55 bits per heavy atom. The van der Waals surface area contributed by atoms with E-state index in [-0.39, 0.29) is 29.7 Å². The Balaban J connectivity index is 3.30. The number of halogens is 4. The van der Waals surface area contributed by atoms with Gasteiger partial charge in [0.15, 0.2) is 0 Å². The molecular weight excluding hydrogens is 295 g/mol. The highest BCUT2D eigenvalue weighted by Crippen LogP contribution is 2.35. The first kappa shape index (κ1) is 16.3. The Hall–Kier alpha value is -1.74. The number of rotatable bonds is 4. The average molecular weight is 306 g/mol. The summed E-state index contributed by atoms with van der Waals surface area (Å²) in [6.45, 7) is 1.77. The molecule has 0 atom stereocenters. The van der Waals surface area contributed by atoms with Crippen molar-refractivity contribution < 1.29 is 22.7 Å². The molecule has 0 fully saturated rings. The van der Waals surface area contributed by atoms with Gasteiger partial charge in [-0.1, -0.05) is 6.07 Å². The van der Waals surface area contributed by atoms with Crippen molar-refractivity contribution in [2.24, 2.45) is 0 Å². The van der Waals surface area contributed by atoms with E-state index < -0.39 is 23.6 Å². The van der Waals surface area contributed by atoms with Gasteiger partial charge >= 0.3 is 12.1 Å². The number of alkyl halides is 4. The van der Waals surface area contributed by atoms with Crippen LogP contribution in [0, 0.1) is 11.3 Å². The zero-order valence-electron chi connectivity index (χ0n) is 10.6. The summed E-state index contributed by atoms with van der Waals surface area (Å²) in [4.78, 5) is 11.4. The molecule has 0 saturated heterocycles. The maximum absolute atomic E-state index is 12.8. The van der Waals surface area contributed by atoms with Crippen LogP contribution < -0.4 is 0 Å². The van der Waals surface area contributed by atoms with Crippen LogP contribution in [0.15, 0.2) is 12.1 Å². The third-order valence-corrected chi connectivity index (χ3v) is 2.86. The molecule has 0 unspecified atom stereocenters. The summed E-state index contributed by atoms with van der Waals surface area (Å²) in [7, 11) is 0. The summed E-state index contributed by atoms with van der Waals surface area (Å²) >= 11 is 5.52. The van der Waals surface area contributed by atoms with Crippen molar-refractivity contribution in [1.82, 2.24) is 0 Å². The molecule has 1 aromatic carbocycles. The van der Waals surface area contributed by atoms with Crippen molar-refractivity contribution in [3.05, 3.63) is 34.4 Å². The number of esters is 1. The lowest BCUT2D eigenvalue weighted by Gasteiger charge is -2.15. The van der Waals surface area contributed by atoms with Gasteiger partial charge in [0, 0.05) is 5.88 Å². The van der Waals surface area contributed by atoms with E-state index in [1.807, 2.05) is 0 Å². The van der Waals surface area contributed by atoms with Crippen LogP contribution in [0.5, 0.6) is 0 Å². The second-order valence-electron chi connectivity index (χ2n) is 3.85. The van der Waals surface area contributed by atoms with Crippen molar-refractivity contribution in [1.29, 1.82) is 5.26 Å². The van der Waals surface area contributed by atoms with E-state index in [2.05, 4.69) is 0 Å². The number of carbonyl (C=O) groups is 1. The van der Waals surface area contributed by atoms with E-state index >= 15 is 0 Å². The van der Waals surface area contributed by atoms with Crippen LogP contribution in [0.25, 0.3) is 0 Å². The number of carbonyl (C=O) groups excluding carboxylic acids is 1. The second-order valence-corrected chi connectivity index (χ2v) is 4.12. The number of ether oxygens (including phenoxy) is 1. The number of nitriles is 1. The van der Waals surface area contributed by atoms with Gasteiger partial charge < -0.3 is 4.74 Å². The van der Waals surface area contributed by atoms with Crippen LogP contribution in [0.1, 0.15) is 29.2 Å². The van der Waals surface area contributed by atoms with E-state index in [0.29, 0.717) is 0 Å². The molecule has 0 aromatic heterocycles. The summed E-state index contributed by atoms with van der Waals surface area (Å²) in [6.07, 6.45) is -4.86. The first-order valence-corrected chi connectivity index (χ1v) is 6.22. The largest absolute Gasteiger partial charge is 0.466 e. The minimum absolute atomic E-state index is 0.156. The van der Waals surface area contributed by atoms with Crippen LogP contribution in [-0.2, 0) is 28.0 Å². The Labute approximate surface area is 118 Å². The molecule has 0 N–H and O–H groups in total. The smallest absolute Gasteiger partial charge is 0.416 e. The molecule has 3 nitrogen and oxygen atoms in total. The highest BCUT2D eigenvalue weighted by Gasteiger charge is 2.34. The molecule has 1 aromatic rings. The van der Waals surface area contributed by atoms with Gasteiger partial charge in [-0.3, -0.25) is 4.79 Å². The Morgan fingerprint density at radius 2 is 2.10 bits per heavy atom. The molecule has 0 bridgehead atoms. The average Bonchev–Trinajstić information content (AvgIpc) is 2.36. The fourth-order valence-corrected chi connectivity index (χ4v) is 2.03. The SMILES string of the molecule is CCOC(=O)Cc1ccc(C(F)(F)F)c(CCl)c1C#N. The van der Waals surface area contributed by atoms with E-state index in [1.165, 1.54) is 0 Å². The topological polar surface area (TPSA) is 50.1 Å². The predicted molar refractivity (Wildman–Crippen MR) is 66.1 cm³/mol. The van der Waals surface area contributed by atoms with Gasteiger partial charge in [-0.05, 0) is 24.1 Å². The van der Waals surface area contributed by atoms with Crippen molar-refractivity contribution in [2.45, 2.75) is 25.4 Å². The lowest BCUT2D eigenvalue weighted by Crippen LogP contribution is -2.14. The molecule has 7 heteroatoms. The molecule has 0 spiro atoms. The highest BCUT2D eigenvalue weighted by atomic mass is 35.5. The molecule has 0 amide bonds. The maximum atomic E-state index is 12.8. The van der Waals surface area contributed by atoms with Crippen LogP contribution in [0.2, 0.25) is 0 Å². The molecule has 0 aliphatic heterocycles. The Morgan fingerprint density at radius 1 is 1.45 bits per heavy atom. The molecule has 0 radical (unpaired) electrons. The molecule has 0 aliphatic carbocycles. The third-order valence-electron chi connectivity index (χ3n) is 2.59.